The van der Waals surface area contributed by atoms with Gasteiger partial charge < -0.3 is 4.74 Å². The van der Waals surface area contributed by atoms with Crippen molar-refractivity contribution in [3.63, 3.8) is 0 Å². The highest BCUT2D eigenvalue weighted by Gasteiger charge is 2.33. The molecule has 66 valence electrons. The summed E-state index contributed by atoms with van der Waals surface area (Å²) >= 11 is 0. The van der Waals surface area contributed by atoms with Crippen molar-refractivity contribution in [2.45, 2.75) is 6.10 Å². The number of benzene rings is 1. The third kappa shape index (κ3) is 1.38. The van der Waals surface area contributed by atoms with Gasteiger partial charge in [-0.3, -0.25) is 10.1 Å². The summed E-state index contributed by atoms with van der Waals surface area (Å²) in [6, 6.07) is 8.88. The monoisotopic (exact) mass is 177 g/mol. The lowest BCUT2D eigenvalue weighted by atomic mass is 10.1. The van der Waals surface area contributed by atoms with Crippen LogP contribution in [-0.4, -0.2) is 12.0 Å². The smallest absolute Gasteiger partial charge is 0.415 e. The summed E-state index contributed by atoms with van der Waals surface area (Å²) in [5.74, 6) is -0.406. The van der Waals surface area contributed by atoms with Crippen LogP contribution in [0.25, 0.3) is 0 Å². The zero-order chi connectivity index (χ0) is 9.26. The van der Waals surface area contributed by atoms with E-state index in [2.05, 4.69) is 5.32 Å². The molecular formula is C9H7NO3. The van der Waals surface area contributed by atoms with Crippen LogP contribution in [0.15, 0.2) is 30.3 Å². The maximum Gasteiger partial charge on any atom is 0.415 e. The normalized spacial score (nSPS) is 21.1. The van der Waals surface area contributed by atoms with E-state index in [-0.39, 0.29) is 0 Å². The van der Waals surface area contributed by atoms with Crippen LogP contribution in [0.4, 0.5) is 4.79 Å². The molecule has 2 amide bonds. The molecule has 1 aliphatic rings. The van der Waals surface area contributed by atoms with Crippen molar-refractivity contribution in [1.29, 1.82) is 0 Å². The van der Waals surface area contributed by atoms with Gasteiger partial charge in [-0.05, 0) is 0 Å². The molecule has 1 aliphatic heterocycles. The molecule has 1 N–H and O–H groups in total. The first-order chi connectivity index (χ1) is 6.27. The minimum Gasteiger partial charge on any atom is -0.431 e. The Bertz CT molecular complexity index is 347. The van der Waals surface area contributed by atoms with Gasteiger partial charge in [-0.15, -0.1) is 0 Å². The van der Waals surface area contributed by atoms with Crippen molar-refractivity contribution in [3.05, 3.63) is 35.9 Å². The summed E-state index contributed by atoms with van der Waals surface area (Å²) in [6.45, 7) is 0. The number of carbonyl (C=O) groups is 2. The number of amides is 2. The first kappa shape index (κ1) is 7.79. The summed E-state index contributed by atoms with van der Waals surface area (Å²) in [6.07, 6.45) is -1.47. The Labute approximate surface area is 74.5 Å². The highest BCUT2D eigenvalue weighted by Crippen LogP contribution is 2.20. The number of nitrogens with one attached hydrogen (secondary N) is 1. The van der Waals surface area contributed by atoms with Crippen molar-refractivity contribution >= 4 is 12.0 Å². The fourth-order valence-electron chi connectivity index (χ4n) is 1.20. The highest BCUT2D eigenvalue weighted by atomic mass is 16.6. The van der Waals surface area contributed by atoms with Gasteiger partial charge in [0.25, 0.3) is 5.91 Å². The third-order valence-corrected chi connectivity index (χ3v) is 1.79. The molecular weight excluding hydrogens is 170 g/mol. The molecule has 13 heavy (non-hydrogen) atoms. The van der Waals surface area contributed by atoms with E-state index in [0.29, 0.717) is 5.56 Å². The highest BCUT2D eigenvalue weighted by molar-refractivity contribution is 6.00. The second-order valence-electron chi connectivity index (χ2n) is 2.69. The van der Waals surface area contributed by atoms with Crippen LogP contribution in [0.5, 0.6) is 0 Å². The van der Waals surface area contributed by atoms with Gasteiger partial charge in [0.1, 0.15) is 0 Å². The third-order valence-electron chi connectivity index (χ3n) is 1.79. The van der Waals surface area contributed by atoms with Crippen molar-refractivity contribution in [2.75, 3.05) is 0 Å². The van der Waals surface area contributed by atoms with Gasteiger partial charge in [0.05, 0.1) is 0 Å². The average Bonchev–Trinajstić information content (AvgIpc) is 2.47. The topological polar surface area (TPSA) is 55.4 Å². The second-order valence-corrected chi connectivity index (χ2v) is 2.69. The number of hydrogen-bond acceptors (Lipinski definition) is 3. The van der Waals surface area contributed by atoms with Crippen LogP contribution in [0.1, 0.15) is 11.7 Å². The average molecular weight is 177 g/mol. The number of ether oxygens (including phenoxy) is 1. The zero-order valence-corrected chi connectivity index (χ0v) is 6.69. The van der Waals surface area contributed by atoms with Crippen molar-refractivity contribution in [2.24, 2.45) is 0 Å². The lowest BCUT2D eigenvalue weighted by molar-refractivity contribution is -0.123. The molecule has 1 aromatic rings. The fraction of sp³-hybridized carbons (Fsp3) is 0.111. The minimum absolute atomic E-state index is 0.406. The predicted molar refractivity (Wildman–Crippen MR) is 43.8 cm³/mol. The quantitative estimate of drug-likeness (QED) is 0.696. The van der Waals surface area contributed by atoms with Crippen LogP contribution in [0.3, 0.4) is 0 Å². The molecule has 0 radical (unpaired) electrons. The number of cyclic esters (lactones) is 1. The molecule has 0 aliphatic carbocycles. The largest absolute Gasteiger partial charge is 0.431 e. The Hall–Kier alpha value is -1.84. The van der Waals surface area contributed by atoms with Crippen LogP contribution in [0.2, 0.25) is 0 Å². The molecule has 0 bridgehead atoms. The van der Waals surface area contributed by atoms with Crippen LogP contribution < -0.4 is 5.32 Å². The van der Waals surface area contributed by atoms with Gasteiger partial charge in [0.15, 0.2) is 0 Å². The molecule has 1 saturated heterocycles. The van der Waals surface area contributed by atoms with Crippen LogP contribution in [-0.2, 0) is 9.53 Å². The Morgan fingerprint density at radius 1 is 1.15 bits per heavy atom. The van der Waals surface area contributed by atoms with E-state index in [0.717, 1.165) is 0 Å². The van der Waals surface area contributed by atoms with E-state index >= 15 is 0 Å². The van der Waals surface area contributed by atoms with Gasteiger partial charge in [0.2, 0.25) is 6.10 Å². The number of rotatable bonds is 1. The van der Waals surface area contributed by atoms with Crippen molar-refractivity contribution in [1.82, 2.24) is 5.32 Å². The molecule has 1 fully saturated rings. The maximum atomic E-state index is 11.1. The predicted octanol–water partition coefficient (Wildman–Crippen LogP) is 0.994. The van der Waals surface area contributed by atoms with E-state index in [9.17, 15) is 9.59 Å². The summed E-state index contributed by atoms with van der Waals surface area (Å²) in [5.41, 5.74) is 0.686. The fourth-order valence-corrected chi connectivity index (χ4v) is 1.20. The van der Waals surface area contributed by atoms with E-state index in [1.165, 1.54) is 0 Å². The molecule has 2 rings (SSSR count). The van der Waals surface area contributed by atoms with Gasteiger partial charge in [-0.25, -0.2) is 4.79 Å². The molecule has 0 saturated carbocycles. The Morgan fingerprint density at radius 2 is 1.85 bits per heavy atom. The number of hydrogen-bond donors (Lipinski definition) is 1. The zero-order valence-electron chi connectivity index (χ0n) is 6.69. The summed E-state index contributed by atoms with van der Waals surface area (Å²) in [7, 11) is 0. The van der Waals surface area contributed by atoms with Gasteiger partial charge in [-0.1, -0.05) is 30.3 Å². The molecule has 0 spiro atoms. The van der Waals surface area contributed by atoms with Gasteiger partial charge in [0, 0.05) is 5.56 Å². The molecule has 1 aromatic carbocycles. The van der Waals surface area contributed by atoms with E-state index < -0.39 is 18.1 Å². The Morgan fingerprint density at radius 3 is 2.38 bits per heavy atom. The maximum absolute atomic E-state index is 11.1. The van der Waals surface area contributed by atoms with Crippen LogP contribution >= 0.6 is 0 Å². The molecule has 0 aromatic heterocycles. The minimum atomic E-state index is -0.784. The summed E-state index contributed by atoms with van der Waals surface area (Å²) < 4.78 is 4.76. The Kier molecular flexibility index (Phi) is 1.73. The van der Waals surface area contributed by atoms with Crippen LogP contribution in [0, 0.1) is 0 Å². The molecule has 4 heteroatoms. The van der Waals surface area contributed by atoms with Crippen molar-refractivity contribution in [3.8, 4) is 0 Å². The first-order valence-corrected chi connectivity index (χ1v) is 3.84. The molecule has 4 nitrogen and oxygen atoms in total. The first-order valence-electron chi connectivity index (χ1n) is 3.84. The SMILES string of the molecule is O=C1NC(=O)[C@H](c2ccccc2)O1. The van der Waals surface area contributed by atoms with Crippen molar-refractivity contribution < 1.29 is 14.3 Å². The standard InChI is InChI=1S/C9H7NO3/c11-8-7(13-9(12)10-8)6-4-2-1-3-5-6/h1-5,7H,(H,10,11,12)/t7-/m0/s1. The van der Waals surface area contributed by atoms with E-state index in [1.54, 1.807) is 24.3 Å². The number of carbonyl (C=O) groups excluding carboxylic acids is 2. The van der Waals surface area contributed by atoms with E-state index in [1.807, 2.05) is 6.07 Å². The van der Waals surface area contributed by atoms with E-state index in [4.69, 9.17) is 4.74 Å². The lowest BCUT2D eigenvalue weighted by Crippen LogP contribution is -2.20. The summed E-state index contributed by atoms with van der Waals surface area (Å²) in [4.78, 5) is 21.8. The van der Waals surface area contributed by atoms with Gasteiger partial charge >= 0.3 is 6.09 Å². The Balaban J connectivity index is 2.28. The number of alkyl carbamates (subject to hydrolysis) is 1. The molecule has 1 atom stereocenters. The lowest BCUT2D eigenvalue weighted by Gasteiger charge is -2.04. The summed E-state index contributed by atoms with van der Waals surface area (Å²) in [5, 5.41) is 2.07. The second kappa shape index (κ2) is 2.90. The van der Waals surface area contributed by atoms with Gasteiger partial charge in [-0.2, -0.15) is 0 Å². The molecule has 1 heterocycles. The molecule has 0 unspecified atom stereocenters. The number of imide groups is 1.